The molecule has 2 aliphatic carbocycles. The summed E-state index contributed by atoms with van der Waals surface area (Å²) in [7, 11) is 0. The first-order chi connectivity index (χ1) is 24.0. The van der Waals surface area contributed by atoms with Crippen LogP contribution in [0.5, 0.6) is 5.75 Å². The van der Waals surface area contributed by atoms with E-state index in [4.69, 9.17) is 9.15 Å². The maximum atomic E-state index is 6.79. The summed E-state index contributed by atoms with van der Waals surface area (Å²) in [6.07, 6.45) is 3.17. The molecule has 0 fully saturated rings. The van der Waals surface area contributed by atoms with Crippen LogP contribution in [0.25, 0.3) is 71.7 Å². The molecule has 2 heteroatoms. The van der Waals surface area contributed by atoms with E-state index in [1.54, 1.807) is 0 Å². The van der Waals surface area contributed by atoms with E-state index in [0.29, 0.717) is 0 Å². The van der Waals surface area contributed by atoms with Crippen molar-refractivity contribution in [1.29, 1.82) is 0 Å². The summed E-state index contributed by atoms with van der Waals surface area (Å²) in [4.78, 5) is 0. The smallest absolute Gasteiger partial charge is 0.143 e. The van der Waals surface area contributed by atoms with Gasteiger partial charge in [0.1, 0.15) is 23.0 Å². The topological polar surface area (TPSA) is 22.4 Å². The fraction of sp³-hybridized carbons (Fsp3) is 0.106. The van der Waals surface area contributed by atoms with E-state index in [9.17, 15) is 0 Å². The highest BCUT2D eigenvalue weighted by atomic mass is 16.5. The first kappa shape index (κ1) is 27.1. The Bertz CT molecular complexity index is 2750. The second-order valence-electron chi connectivity index (χ2n) is 14.3. The van der Waals surface area contributed by atoms with Crippen molar-refractivity contribution in [3.63, 3.8) is 0 Å². The summed E-state index contributed by atoms with van der Waals surface area (Å²) >= 11 is 0. The van der Waals surface area contributed by atoms with Crippen LogP contribution in [0, 0.1) is 0 Å². The number of fused-ring (bicyclic) bond motifs is 10. The Balaban J connectivity index is 1.05. The van der Waals surface area contributed by atoms with Crippen LogP contribution in [0.3, 0.4) is 0 Å². The monoisotopic (exact) mass is 628 g/mol. The van der Waals surface area contributed by atoms with Gasteiger partial charge >= 0.3 is 0 Å². The normalized spacial score (nSPS) is 16.5. The number of hydrogen-bond donors (Lipinski definition) is 0. The predicted octanol–water partition coefficient (Wildman–Crippen LogP) is 12.6. The molecule has 1 atom stereocenters. The third kappa shape index (κ3) is 3.66. The molecule has 0 saturated carbocycles. The van der Waals surface area contributed by atoms with Crippen LogP contribution in [-0.4, -0.2) is 0 Å². The third-order valence-corrected chi connectivity index (χ3v) is 11.4. The minimum Gasteiger partial charge on any atom is -0.485 e. The molecule has 1 aromatic heterocycles. The van der Waals surface area contributed by atoms with Crippen molar-refractivity contribution in [1.82, 2.24) is 0 Å². The molecule has 2 nitrogen and oxygen atoms in total. The molecule has 2 heterocycles. The van der Waals surface area contributed by atoms with E-state index >= 15 is 0 Å². The van der Waals surface area contributed by atoms with Crippen LogP contribution in [0.2, 0.25) is 0 Å². The van der Waals surface area contributed by atoms with Gasteiger partial charge in [-0.05, 0) is 91.4 Å². The summed E-state index contributed by atoms with van der Waals surface area (Å²) in [6.45, 7) is 4.69. The number of furan rings is 1. The SMILES string of the molecule is CC1(C)c2ccccc2-c2ccc(-c3ccc4c(c3)-c3cccc5c3C(CC=C5c3cccc5oc6c7ccccc7ccc6c35)O4)cc21. The zero-order chi connectivity index (χ0) is 32.4. The Morgan fingerprint density at radius 3 is 2.29 bits per heavy atom. The standard InChI is InChI=1S/C47H32O2/c1-47(2)39-15-6-5-11-32(39)33-20-18-29(26-40(33)47)28-19-23-41-38(25-28)36-13-7-12-34-31(22-24-43(48-41)44(34)36)35-14-8-16-42-45(35)37-21-17-27-9-3-4-10-30(27)46(37)49-42/h3-23,25-26,43H,24H2,1-2H3. The lowest BCUT2D eigenvalue weighted by atomic mass is 9.78. The minimum atomic E-state index is -0.0377. The highest BCUT2D eigenvalue weighted by Crippen LogP contribution is 2.53. The second-order valence-corrected chi connectivity index (χ2v) is 14.3. The molecule has 8 aromatic rings. The first-order valence-electron chi connectivity index (χ1n) is 17.3. The van der Waals surface area contributed by atoms with E-state index in [1.807, 2.05) is 0 Å². The molecule has 0 saturated heterocycles. The lowest BCUT2D eigenvalue weighted by Gasteiger charge is -2.34. The van der Waals surface area contributed by atoms with Crippen LogP contribution in [0.15, 0.2) is 144 Å². The Labute approximate surface area is 284 Å². The number of ether oxygens (including phenoxy) is 1. The molecule has 232 valence electrons. The molecular weight excluding hydrogens is 597 g/mol. The van der Waals surface area contributed by atoms with Crippen LogP contribution < -0.4 is 4.74 Å². The van der Waals surface area contributed by atoms with Gasteiger partial charge in [-0.2, -0.15) is 0 Å². The Hall–Kier alpha value is -5.86. The summed E-state index contributed by atoms with van der Waals surface area (Å²) in [6, 6.07) is 48.7. The van der Waals surface area contributed by atoms with Crippen molar-refractivity contribution in [2.24, 2.45) is 0 Å². The maximum Gasteiger partial charge on any atom is 0.143 e. The number of benzene rings is 7. The molecule has 0 spiro atoms. The van der Waals surface area contributed by atoms with Crippen molar-refractivity contribution in [2.75, 3.05) is 0 Å². The Morgan fingerprint density at radius 2 is 1.33 bits per heavy atom. The summed E-state index contributed by atoms with van der Waals surface area (Å²) < 4.78 is 13.4. The van der Waals surface area contributed by atoms with E-state index in [2.05, 4.69) is 153 Å². The lowest BCUT2D eigenvalue weighted by Crippen LogP contribution is -2.18. The van der Waals surface area contributed by atoms with E-state index in [-0.39, 0.29) is 11.5 Å². The number of hydrogen-bond acceptors (Lipinski definition) is 2. The van der Waals surface area contributed by atoms with Gasteiger partial charge in [0.15, 0.2) is 0 Å². The Kier molecular flexibility index (Phi) is 5.32. The minimum absolute atomic E-state index is 0.0168. The molecule has 49 heavy (non-hydrogen) atoms. The molecular formula is C47H32O2. The van der Waals surface area contributed by atoms with E-state index in [0.717, 1.165) is 39.7 Å². The zero-order valence-corrected chi connectivity index (χ0v) is 27.4. The molecule has 3 aliphatic rings. The molecule has 1 aliphatic heterocycles. The van der Waals surface area contributed by atoms with Gasteiger partial charge in [-0.3, -0.25) is 0 Å². The predicted molar refractivity (Wildman–Crippen MR) is 201 cm³/mol. The summed E-state index contributed by atoms with van der Waals surface area (Å²) in [5.74, 6) is 0.957. The molecule has 7 aromatic carbocycles. The fourth-order valence-corrected chi connectivity index (χ4v) is 9.03. The second kappa shape index (κ2) is 9.61. The molecule has 0 bridgehead atoms. The highest BCUT2D eigenvalue weighted by Gasteiger charge is 2.36. The Morgan fingerprint density at radius 1 is 0.571 bits per heavy atom. The van der Waals surface area contributed by atoms with E-state index in [1.165, 1.54) is 72.0 Å². The van der Waals surface area contributed by atoms with Gasteiger partial charge in [-0.1, -0.05) is 123 Å². The average molecular weight is 629 g/mol. The zero-order valence-electron chi connectivity index (χ0n) is 27.4. The molecule has 11 rings (SSSR count). The average Bonchev–Trinajstić information content (AvgIpc) is 3.64. The van der Waals surface area contributed by atoms with Crippen LogP contribution in [0.1, 0.15) is 54.2 Å². The fourth-order valence-electron chi connectivity index (χ4n) is 9.03. The largest absolute Gasteiger partial charge is 0.485 e. The van der Waals surface area contributed by atoms with Gasteiger partial charge in [0.05, 0.1) is 0 Å². The van der Waals surface area contributed by atoms with Gasteiger partial charge in [-0.15, -0.1) is 0 Å². The maximum absolute atomic E-state index is 6.79. The van der Waals surface area contributed by atoms with Gasteiger partial charge in [0.25, 0.3) is 0 Å². The lowest BCUT2D eigenvalue weighted by molar-refractivity contribution is 0.204. The molecule has 0 radical (unpaired) electrons. The highest BCUT2D eigenvalue weighted by molar-refractivity contribution is 6.18. The van der Waals surface area contributed by atoms with E-state index < -0.39 is 0 Å². The van der Waals surface area contributed by atoms with Gasteiger partial charge < -0.3 is 9.15 Å². The number of rotatable bonds is 2. The molecule has 0 amide bonds. The van der Waals surface area contributed by atoms with Crippen molar-refractivity contribution in [2.45, 2.75) is 31.8 Å². The summed E-state index contributed by atoms with van der Waals surface area (Å²) in [5.41, 5.74) is 17.2. The van der Waals surface area contributed by atoms with Gasteiger partial charge in [-0.25, -0.2) is 0 Å². The van der Waals surface area contributed by atoms with Gasteiger partial charge in [0, 0.05) is 39.1 Å². The third-order valence-electron chi connectivity index (χ3n) is 11.4. The first-order valence-corrected chi connectivity index (χ1v) is 17.3. The summed E-state index contributed by atoms with van der Waals surface area (Å²) in [5, 5.41) is 4.67. The quantitative estimate of drug-likeness (QED) is 0.190. The van der Waals surface area contributed by atoms with Crippen molar-refractivity contribution in [3.8, 4) is 39.1 Å². The molecule has 0 N–H and O–H groups in total. The van der Waals surface area contributed by atoms with Crippen LogP contribution in [-0.2, 0) is 5.41 Å². The van der Waals surface area contributed by atoms with Crippen LogP contribution in [0.4, 0.5) is 0 Å². The van der Waals surface area contributed by atoms with Crippen LogP contribution >= 0.6 is 0 Å². The van der Waals surface area contributed by atoms with Crippen molar-refractivity contribution >= 4 is 38.3 Å². The van der Waals surface area contributed by atoms with Gasteiger partial charge in [0.2, 0.25) is 0 Å². The van der Waals surface area contributed by atoms with Crippen molar-refractivity contribution in [3.05, 3.63) is 167 Å². The molecule has 1 unspecified atom stereocenters. The van der Waals surface area contributed by atoms with Crippen molar-refractivity contribution < 1.29 is 9.15 Å².